The fraction of sp³-hybridized carbons (Fsp3) is 0.333. The van der Waals surface area contributed by atoms with E-state index in [0.29, 0.717) is 26.2 Å². The van der Waals surface area contributed by atoms with Crippen LogP contribution in [0, 0.1) is 10.1 Å². The number of nitro benzene ring substituents is 1. The van der Waals surface area contributed by atoms with Crippen LogP contribution in [0.4, 0.5) is 11.4 Å². The number of anilines is 1. The predicted octanol–water partition coefficient (Wildman–Crippen LogP) is 2.50. The predicted molar refractivity (Wildman–Crippen MR) is 110 cm³/mol. The molecule has 9 nitrogen and oxygen atoms in total. The van der Waals surface area contributed by atoms with Gasteiger partial charge in [-0.25, -0.2) is 4.79 Å². The number of nitro groups is 1. The second-order valence-corrected chi connectivity index (χ2v) is 6.84. The van der Waals surface area contributed by atoms with Crippen LogP contribution in [0.15, 0.2) is 48.5 Å². The average molecular weight is 413 g/mol. The Hall–Kier alpha value is -3.62. The topological polar surface area (TPSA) is 102 Å². The number of non-ortho nitro benzene ring substituents is 1. The Morgan fingerprint density at radius 2 is 1.73 bits per heavy atom. The van der Waals surface area contributed by atoms with Crippen LogP contribution in [0.5, 0.6) is 5.75 Å². The van der Waals surface area contributed by atoms with Gasteiger partial charge < -0.3 is 19.3 Å². The first kappa shape index (κ1) is 21.1. The smallest absolute Gasteiger partial charge is 0.342 e. The van der Waals surface area contributed by atoms with Gasteiger partial charge in [0.1, 0.15) is 11.3 Å². The zero-order valence-electron chi connectivity index (χ0n) is 16.8. The van der Waals surface area contributed by atoms with Crippen LogP contribution >= 0.6 is 0 Å². The van der Waals surface area contributed by atoms with Gasteiger partial charge in [0.15, 0.2) is 6.10 Å². The van der Waals surface area contributed by atoms with Crippen LogP contribution in [-0.4, -0.2) is 61.1 Å². The summed E-state index contributed by atoms with van der Waals surface area (Å²) in [5, 5.41) is 11.0. The number of para-hydroxylation sites is 1. The van der Waals surface area contributed by atoms with Crippen molar-refractivity contribution in [3.05, 3.63) is 64.2 Å². The maximum Gasteiger partial charge on any atom is 0.342 e. The third-order valence-corrected chi connectivity index (χ3v) is 4.96. The number of hydrogen-bond acceptors (Lipinski definition) is 7. The minimum Gasteiger partial charge on any atom is -0.496 e. The highest BCUT2D eigenvalue weighted by Gasteiger charge is 2.29. The number of benzene rings is 2. The first-order chi connectivity index (χ1) is 14.4. The molecule has 1 aliphatic heterocycles. The standard InChI is InChI=1S/C21H23N3O6/c1-15(30-21(26)18-14-17(24(27)28)8-9-19(18)29-2)20(25)23-12-10-22(11-13-23)16-6-4-3-5-7-16/h3-9,14-15H,10-13H2,1-2H3/t15-/m1/s1. The molecule has 158 valence electrons. The summed E-state index contributed by atoms with van der Waals surface area (Å²) in [5.41, 5.74) is 0.737. The fourth-order valence-electron chi connectivity index (χ4n) is 3.32. The van der Waals surface area contributed by atoms with Gasteiger partial charge in [-0.05, 0) is 25.1 Å². The zero-order chi connectivity index (χ0) is 21.7. The molecular weight excluding hydrogens is 390 g/mol. The maximum atomic E-state index is 12.7. The summed E-state index contributed by atoms with van der Waals surface area (Å²) in [6.07, 6.45) is -1.02. The van der Waals surface area contributed by atoms with E-state index in [0.717, 1.165) is 11.8 Å². The second-order valence-electron chi connectivity index (χ2n) is 6.84. The van der Waals surface area contributed by atoms with E-state index in [2.05, 4.69) is 4.90 Å². The number of rotatable bonds is 6. The fourth-order valence-corrected chi connectivity index (χ4v) is 3.32. The summed E-state index contributed by atoms with van der Waals surface area (Å²) in [5.74, 6) is -1.01. The molecule has 1 aliphatic rings. The summed E-state index contributed by atoms with van der Waals surface area (Å²) in [6, 6.07) is 13.6. The van der Waals surface area contributed by atoms with Gasteiger partial charge in [0.2, 0.25) is 0 Å². The number of nitrogens with zero attached hydrogens (tertiary/aromatic N) is 3. The van der Waals surface area contributed by atoms with E-state index in [1.807, 2.05) is 30.3 Å². The number of hydrogen-bond donors (Lipinski definition) is 0. The second kappa shape index (κ2) is 9.25. The minimum absolute atomic E-state index is 0.0970. The number of esters is 1. The van der Waals surface area contributed by atoms with Crippen molar-refractivity contribution in [2.24, 2.45) is 0 Å². The number of carbonyl (C=O) groups excluding carboxylic acids is 2. The molecule has 30 heavy (non-hydrogen) atoms. The number of piperazine rings is 1. The molecule has 2 aromatic rings. The Bertz CT molecular complexity index is 926. The summed E-state index contributed by atoms with van der Waals surface area (Å²) in [6.45, 7) is 3.86. The lowest BCUT2D eigenvalue weighted by Gasteiger charge is -2.37. The highest BCUT2D eigenvalue weighted by molar-refractivity contribution is 5.95. The zero-order valence-corrected chi connectivity index (χ0v) is 16.8. The van der Waals surface area contributed by atoms with Crippen LogP contribution in [0.2, 0.25) is 0 Å². The normalized spacial score (nSPS) is 14.7. The Morgan fingerprint density at radius 1 is 1.07 bits per heavy atom. The van der Waals surface area contributed by atoms with E-state index in [4.69, 9.17) is 9.47 Å². The number of carbonyl (C=O) groups is 2. The maximum absolute atomic E-state index is 12.7. The van der Waals surface area contributed by atoms with Gasteiger partial charge >= 0.3 is 5.97 Å². The van der Waals surface area contributed by atoms with Crippen LogP contribution in [0.25, 0.3) is 0 Å². The average Bonchev–Trinajstić information content (AvgIpc) is 2.78. The molecule has 0 aliphatic carbocycles. The van der Waals surface area contributed by atoms with Crippen molar-refractivity contribution >= 4 is 23.3 Å². The van der Waals surface area contributed by atoms with Crippen molar-refractivity contribution < 1.29 is 24.0 Å². The Labute approximate surface area is 173 Å². The highest BCUT2D eigenvalue weighted by Crippen LogP contribution is 2.25. The monoisotopic (exact) mass is 413 g/mol. The lowest BCUT2D eigenvalue weighted by Crippen LogP contribution is -2.51. The van der Waals surface area contributed by atoms with Gasteiger partial charge in [-0.15, -0.1) is 0 Å². The van der Waals surface area contributed by atoms with Crippen molar-refractivity contribution in [3.63, 3.8) is 0 Å². The SMILES string of the molecule is COc1ccc([N+](=O)[O-])cc1C(=O)O[C@H](C)C(=O)N1CCN(c2ccccc2)CC1. The van der Waals surface area contributed by atoms with Crippen LogP contribution < -0.4 is 9.64 Å². The molecule has 1 amide bonds. The first-order valence-electron chi connectivity index (χ1n) is 9.53. The molecule has 1 atom stereocenters. The quantitative estimate of drug-likeness (QED) is 0.407. The molecule has 0 unspecified atom stereocenters. The molecule has 0 radical (unpaired) electrons. The molecular formula is C21H23N3O6. The first-order valence-corrected chi connectivity index (χ1v) is 9.53. The molecule has 3 rings (SSSR count). The van der Waals surface area contributed by atoms with E-state index in [-0.39, 0.29) is 22.9 Å². The van der Waals surface area contributed by atoms with E-state index in [1.54, 1.807) is 4.90 Å². The molecule has 9 heteroatoms. The molecule has 0 aromatic heterocycles. The van der Waals surface area contributed by atoms with Gasteiger partial charge in [0.05, 0.1) is 12.0 Å². The van der Waals surface area contributed by atoms with E-state index < -0.39 is 17.0 Å². The van der Waals surface area contributed by atoms with Gasteiger partial charge in [-0.1, -0.05) is 18.2 Å². The molecule has 1 fully saturated rings. The van der Waals surface area contributed by atoms with Crippen LogP contribution in [0.1, 0.15) is 17.3 Å². The van der Waals surface area contributed by atoms with E-state index in [1.165, 1.54) is 26.2 Å². The number of methoxy groups -OCH3 is 1. The van der Waals surface area contributed by atoms with Crippen LogP contribution in [-0.2, 0) is 9.53 Å². The highest BCUT2D eigenvalue weighted by atomic mass is 16.6. The van der Waals surface area contributed by atoms with Gasteiger partial charge in [0.25, 0.3) is 11.6 Å². The molecule has 0 saturated carbocycles. The number of amides is 1. The van der Waals surface area contributed by atoms with Crippen molar-refractivity contribution in [2.45, 2.75) is 13.0 Å². The Kier molecular flexibility index (Phi) is 6.51. The molecule has 2 aromatic carbocycles. The van der Waals surface area contributed by atoms with Crippen molar-refractivity contribution in [3.8, 4) is 5.75 Å². The van der Waals surface area contributed by atoms with Crippen molar-refractivity contribution in [1.82, 2.24) is 4.90 Å². The minimum atomic E-state index is -1.02. The van der Waals surface area contributed by atoms with E-state index >= 15 is 0 Å². The Morgan fingerprint density at radius 3 is 2.33 bits per heavy atom. The third kappa shape index (κ3) is 4.68. The molecule has 0 bridgehead atoms. The van der Waals surface area contributed by atoms with Crippen molar-refractivity contribution in [2.75, 3.05) is 38.2 Å². The molecule has 1 saturated heterocycles. The number of ether oxygens (including phenoxy) is 2. The lowest BCUT2D eigenvalue weighted by molar-refractivity contribution is -0.384. The molecule has 0 spiro atoms. The van der Waals surface area contributed by atoms with E-state index in [9.17, 15) is 19.7 Å². The third-order valence-electron chi connectivity index (χ3n) is 4.96. The van der Waals surface area contributed by atoms with Gasteiger partial charge in [-0.2, -0.15) is 0 Å². The lowest BCUT2D eigenvalue weighted by atomic mass is 10.1. The molecule has 0 N–H and O–H groups in total. The van der Waals surface area contributed by atoms with Gasteiger partial charge in [-0.3, -0.25) is 14.9 Å². The van der Waals surface area contributed by atoms with Crippen LogP contribution in [0.3, 0.4) is 0 Å². The summed E-state index contributed by atoms with van der Waals surface area (Å²) < 4.78 is 10.4. The largest absolute Gasteiger partial charge is 0.496 e. The van der Waals surface area contributed by atoms with Crippen molar-refractivity contribution in [1.29, 1.82) is 0 Å². The van der Waals surface area contributed by atoms with Gasteiger partial charge in [0, 0.05) is 44.0 Å². The summed E-state index contributed by atoms with van der Waals surface area (Å²) in [4.78, 5) is 39.5. The molecule has 1 heterocycles. The Balaban J connectivity index is 1.61. The summed E-state index contributed by atoms with van der Waals surface area (Å²) >= 11 is 0. The summed E-state index contributed by atoms with van der Waals surface area (Å²) in [7, 11) is 1.35.